The highest BCUT2D eigenvalue weighted by Gasteiger charge is 2.09. The van der Waals surface area contributed by atoms with Crippen LogP contribution >= 0.6 is 34.8 Å². The van der Waals surface area contributed by atoms with Crippen LogP contribution < -0.4 is 4.74 Å². The van der Waals surface area contributed by atoms with Gasteiger partial charge in [-0.25, -0.2) is 0 Å². The third kappa shape index (κ3) is 3.28. The van der Waals surface area contributed by atoms with E-state index in [1.807, 2.05) is 0 Å². The Kier molecular flexibility index (Phi) is 4.69. The lowest BCUT2D eigenvalue weighted by molar-refractivity contribution is 0.259. The molecule has 96 valence electrons. The van der Waals surface area contributed by atoms with Crippen molar-refractivity contribution in [3.05, 3.63) is 40.0 Å². The summed E-state index contributed by atoms with van der Waals surface area (Å²) in [5.74, 6) is 1.76. The first-order valence-electron chi connectivity index (χ1n) is 5.14. The largest absolute Gasteiger partial charge is 0.482 e. The van der Waals surface area contributed by atoms with Crippen LogP contribution in [0.25, 0.3) is 0 Å². The molecule has 4 nitrogen and oxygen atoms in total. The van der Waals surface area contributed by atoms with Gasteiger partial charge in [0.25, 0.3) is 5.89 Å². The molecule has 18 heavy (non-hydrogen) atoms. The second-order valence-corrected chi connectivity index (χ2v) is 4.53. The van der Waals surface area contributed by atoms with Crippen molar-refractivity contribution in [1.29, 1.82) is 0 Å². The van der Waals surface area contributed by atoms with Crippen molar-refractivity contribution in [3.8, 4) is 5.75 Å². The Balaban J connectivity index is 2.00. The van der Waals surface area contributed by atoms with E-state index in [9.17, 15) is 0 Å². The maximum Gasteiger partial charge on any atom is 0.253 e. The fourth-order valence-electron chi connectivity index (χ4n) is 1.26. The quantitative estimate of drug-likeness (QED) is 0.790. The van der Waals surface area contributed by atoms with Gasteiger partial charge in [0, 0.05) is 12.3 Å². The summed E-state index contributed by atoms with van der Waals surface area (Å²) in [5, 5.41) is 8.44. The first-order valence-corrected chi connectivity index (χ1v) is 6.44. The van der Waals surface area contributed by atoms with Gasteiger partial charge >= 0.3 is 0 Å². The van der Waals surface area contributed by atoms with Gasteiger partial charge in [0.1, 0.15) is 10.8 Å². The monoisotopic (exact) mass is 306 g/mol. The van der Waals surface area contributed by atoms with Gasteiger partial charge in [-0.15, -0.1) is 21.8 Å². The number of hydrogen-bond acceptors (Lipinski definition) is 4. The molecule has 0 aliphatic heterocycles. The summed E-state index contributed by atoms with van der Waals surface area (Å²) in [7, 11) is 0. The molecule has 0 fully saturated rings. The van der Waals surface area contributed by atoms with Gasteiger partial charge in [0.2, 0.25) is 5.89 Å². The number of halogens is 3. The minimum atomic E-state index is 0.134. The molecule has 0 aliphatic rings. The molecule has 2 aromatic rings. The normalized spacial score (nSPS) is 10.6. The summed E-state index contributed by atoms with van der Waals surface area (Å²) in [4.78, 5) is 0. The Morgan fingerprint density at radius 2 is 1.94 bits per heavy atom. The maximum absolute atomic E-state index is 5.97. The van der Waals surface area contributed by atoms with Crippen molar-refractivity contribution in [2.75, 3.05) is 5.88 Å². The van der Waals surface area contributed by atoms with Gasteiger partial charge in [-0.05, 0) is 12.1 Å². The first kappa shape index (κ1) is 13.5. The maximum atomic E-state index is 5.97. The SMILES string of the molecule is ClCCc1nnc(COc2cccc(Cl)c2Cl)o1. The molecule has 7 heteroatoms. The van der Waals surface area contributed by atoms with Crippen LogP contribution in [-0.4, -0.2) is 16.1 Å². The molecule has 0 amide bonds. The summed E-state index contributed by atoms with van der Waals surface area (Å²) in [6.45, 7) is 0.134. The number of alkyl halides is 1. The topological polar surface area (TPSA) is 48.2 Å². The van der Waals surface area contributed by atoms with Crippen LogP contribution in [0.4, 0.5) is 0 Å². The highest BCUT2D eigenvalue weighted by Crippen LogP contribution is 2.31. The third-order valence-corrected chi connectivity index (χ3v) is 3.07. The molecule has 1 heterocycles. The van der Waals surface area contributed by atoms with Crippen LogP contribution in [0.5, 0.6) is 5.75 Å². The number of benzene rings is 1. The lowest BCUT2D eigenvalue weighted by Gasteiger charge is -2.06. The minimum Gasteiger partial charge on any atom is -0.482 e. The minimum absolute atomic E-state index is 0.134. The van der Waals surface area contributed by atoms with Gasteiger partial charge in [-0.3, -0.25) is 0 Å². The van der Waals surface area contributed by atoms with E-state index >= 15 is 0 Å². The fraction of sp³-hybridized carbons (Fsp3) is 0.273. The van der Waals surface area contributed by atoms with Gasteiger partial charge < -0.3 is 9.15 Å². The van der Waals surface area contributed by atoms with E-state index in [0.29, 0.717) is 39.9 Å². The van der Waals surface area contributed by atoms with Crippen LogP contribution in [0, 0.1) is 0 Å². The Bertz CT molecular complexity index is 531. The lowest BCUT2D eigenvalue weighted by atomic mass is 10.3. The second kappa shape index (κ2) is 6.27. The van der Waals surface area contributed by atoms with Crippen LogP contribution in [0.1, 0.15) is 11.8 Å². The molecule has 0 atom stereocenters. The smallest absolute Gasteiger partial charge is 0.253 e. The van der Waals surface area contributed by atoms with E-state index in [1.165, 1.54) is 0 Å². The molecule has 0 bridgehead atoms. The van der Waals surface area contributed by atoms with Gasteiger partial charge in [-0.1, -0.05) is 29.3 Å². The standard InChI is InChI=1S/C11H9Cl3N2O2/c12-5-4-9-15-16-10(18-9)6-17-8-3-1-2-7(13)11(8)14/h1-3H,4-6H2. The zero-order valence-corrected chi connectivity index (χ0v) is 11.5. The van der Waals surface area contributed by atoms with Crippen molar-refractivity contribution in [1.82, 2.24) is 10.2 Å². The Morgan fingerprint density at radius 3 is 2.72 bits per heavy atom. The van der Waals surface area contributed by atoms with E-state index in [4.69, 9.17) is 44.0 Å². The van der Waals surface area contributed by atoms with Crippen molar-refractivity contribution >= 4 is 34.8 Å². The van der Waals surface area contributed by atoms with Gasteiger partial charge in [-0.2, -0.15) is 0 Å². The summed E-state index contributed by atoms with van der Waals surface area (Å²) in [6, 6.07) is 5.14. The average Bonchev–Trinajstić information content (AvgIpc) is 2.79. The molecule has 0 N–H and O–H groups in total. The molecule has 0 aliphatic carbocycles. The number of ether oxygens (including phenoxy) is 1. The number of hydrogen-bond donors (Lipinski definition) is 0. The number of aryl methyl sites for hydroxylation is 1. The first-order chi connectivity index (χ1) is 8.70. The van der Waals surface area contributed by atoms with E-state index in [2.05, 4.69) is 10.2 Å². The summed E-state index contributed by atoms with van der Waals surface area (Å²) >= 11 is 17.4. The zero-order chi connectivity index (χ0) is 13.0. The highest BCUT2D eigenvalue weighted by molar-refractivity contribution is 6.42. The van der Waals surface area contributed by atoms with Crippen molar-refractivity contribution < 1.29 is 9.15 Å². The van der Waals surface area contributed by atoms with Gasteiger partial charge in [0.05, 0.1) is 5.02 Å². The van der Waals surface area contributed by atoms with E-state index < -0.39 is 0 Å². The Morgan fingerprint density at radius 1 is 1.17 bits per heavy atom. The molecule has 1 aromatic heterocycles. The average molecular weight is 308 g/mol. The van der Waals surface area contributed by atoms with Crippen LogP contribution in [0.3, 0.4) is 0 Å². The van der Waals surface area contributed by atoms with Crippen molar-refractivity contribution in [3.63, 3.8) is 0 Å². The molecule has 1 aromatic carbocycles. The molecular formula is C11H9Cl3N2O2. The molecule has 0 unspecified atom stereocenters. The second-order valence-electron chi connectivity index (χ2n) is 3.37. The van der Waals surface area contributed by atoms with Gasteiger partial charge in [0.15, 0.2) is 6.61 Å². The van der Waals surface area contributed by atoms with Crippen LogP contribution in [0.2, 0.25) is 10.0 Å². The van der Waals surface area contributed by atoms with Crippen LogP contribution in [-0.2, 0) is 13.0 Å². The van der Waals surface area contributed by atoms with Crippen molar-refractivity contribution in [2.45, 2.75) is 13.0 Å². The summed E-state index contributed by atoms with van der Waals surface area (Å²) < 4.78 is 10.8. The fourth-order valence-corrected chi connectivity index (χ4v) is 1.77. The molecule has 0 radical (unpaired) electrons. The predicted molar refractivity (Wildman–Crippen MR) is 69.5 cm³/mol. The van der Waals surface area contributed by atoms with E-state index in [1.54, 1.807) is 18.2 Å². The lowest BCUT2D eigenvalue weighted by Crippen LogP contribution is -1.96. The summed E-state index contributed by atoms with van der Waals surface area (Å²) in [6.07, 6.45) is 0.534. The zero-order valence-electron chi connectivity index (χ0n) is 9.20. The van der Waals surface area contributed by atoms with E-state index in [-0.39, 0.29) is 6.61 Å². The molecule has 2 rings (SSSR count). The number of rotatable bonds is 5. The number of nitrogens with zero attached hydrogens (tertiary/aromatic N) is 2. The summed E-state index contributed by atoms with van der Waals surface area (Å²) in [5.41, 5.74) is 0. The van der Waals surface area contributed by atoms with Crippen LogP contribution in [0.15, 0.2) is 22.6 Å². The van der Waals surface area contributed by atoms with E-state index in [0.717, 1.165) is 0 Å². The molecule has 0 saturated carbocycles. The third-order valence-electron chi connectivity index (χ3n) is 2.08. The Hall–Kier alpha value is -0.970. The molecular weight excluding hydrogens is 298 g/mol. The molecule has 0 saturated heterocycles. The Labute approximate surface area is 119 Å². The number of aromatic nitrogens is 2. The van der Waals surface area contributed by atoms with Crippen molar-refractivity contribution in [2.24, 2.45) is 0 Å². The predicted octanol–water partition coefficient (Wildman–Crippen LogP) is 3.74. The molecule has 0 spiro atoms. The highest BCUT2D eigenvalue weighted by atomic mass is 35.5.